The summed E-state index contributed by atoms with van der Waals surface area (Å²) in [4.78, 5) is 23.9. The third-order valence-corrected chi connectivity index (χ3v) is 5.13. The topological polar surface area (TPSA) is 75.8 Å². The highest BCUT2D eigenvalue weighted by molar-refractivity contribution is 6.34. The number of nitrogens with zero attached hydrogens (tertiary/aromatic N) is 3. The van der Waals surface area contributed by atoms with E-state index < -0.39 is 10.8 Å². The van der Waals surface area contributed by atoms with Crippen molar-refractivity contribution in [1.29, 1.82) is 0 Å². The van der Waals surface area contributed by atoms with Crippen LogP contribution in [0.4, 0.5) is 5.69 Å². The molecule has 1 amide bonds. The van der Waals surface area contributed by atoms with E-state index in [-0.39, 0.29) is 22.3 Å². The van der Waals surface area contributed by atoms with E-state index in [0.29, 0.717) is 6.42 Å². The van der Waals surface area contributed by atoms with Crippen molar-refractivity contribution in [2.45, 2.75) is 12.5 Å². The predicted molar refractivity (Wildman–Crippen MR) is 111 cm³/mol. The number of nitro groups is 1. The summed E-state index contributed by atoms with van der Waals surface area (Å²) in [6.45, 7) is 0. The lowest BCUT2D eigenvalue weighted by Crippen LogP contribution is -2.27. The SMILES string of the molecule is O=C(c1cc([N+](=O)[O-])ccc1Cl)N1N=C(c2ccccc2)CC1c1ccccc1. The average Bonchev–Trinajstić information content (AvgIpc) is 3.20. The predicted octanol–water partition coefficient (Wildman–Crippen LogP) is 5.24. The van der Waals surface area contributed by atoms with Gasteiger partial charge in [-0.25, -0.2) is 5.01 Å². The summed E-state index contributed by atoms with van der Waals surface area (Å²) < 4.78 is 0. The van der Waals surface area contributed by atoms with Crippen LogP contribution < -0.4 is 0 Å². The number of halogens is 1. The number of benzene rings is 3. The largest absolute Gasteiger partial charge is 0.276 e. The summed E-state index contributed by atoms with van der Waals surface area (Å²) >= 11 is 6.20. The fourth-order valence-electron chi connectivity index (χ4n) is 3.35. The highest BCUT2D eigenvalue weighted by Crippen LogP contribution is 2.35. The lowest BCUT2D eigenvalue weighted by atomic mass is 9.98. The number of non-ortho nitro benzene ring substituents is 1. The summed E-state index contributed by atoms with van der Waals surface area (Å²) in [6.07, 6.45) is 0.534. The zero-order chi connectivity index (χ0) is 20.4. The van der Waals surface area contributed by atoms with Crippen molar-refractivity contribution in [3.05, 3.63) is 111 Å². The van der Waals surface area contributed by atoms with Crippen LogP contribution >= 0.6 is 11.6 Å². The average molecular weight is 406 g/mol. The molecule has 0 aromatic heterocycles. The highest BCUT2D eigenvalue weighted by atomic mass is 35.5. The van der Waals surface area contributed by atoms with Crippen molar-refractivity contribution in [2.75, 3.05) is 0 Å². The van der Waals surface area contributed by atoms with Crippen molar-refractivity contribution in [1.82, 2.24) is 5.01 Å². The van der Waals surface area contributed by atoms with E-state index in [4.69, 9.17) is 11.6 Å². The molecule has 1 atom stereocenters. The van der Waals surface area contributed by atoms with Gasteiger partial charge in [-0.1, -0.05) is 72.3 Å². The van der Waals surface area contributed by atoms with Gasteiger partial charge in [-0.05, 0) is 17.2 Å². The number of carbonyl (C=O) groups excluding carboxylic acids is 1. The molecule has 0 saturated carbocycles. The molecule has 0 spiro atoms. The molecule has 0 fully saturated rings. The van der Waals surface area contributed by atoms with Crippen LogP contribution in [-0.2, 0) is 0 Å². The molecule has 7 heteroatoms. The first-order chi connectivity index (χ1) is 14.0. The zero-order valence-electron chi connectivity index (χ0n) is 15.2. The van der Waals surface area contributed by atoms with E-state index in [1.54, 1.807) is 0 Å². The Balaban J connectivity index is 1.77. The Labute approximate surface area is 172 Å². The van der Waals surface area contributed by atoms with Crippen LogP contribution in [0.2, 0.25) is 5.02 Å². The van der Waals surface area contributed by atoms with Gasteiger partial charge in [0.25, 0.3) is 11.6 Å². The third-order valence-electron chi connectivity index (χ3n) is 4.80. The molecule has 0 aliphatic carbocycles. The molecule has 3 aromatic rings. The minimum atomic E-state index is -0.551. The molecule has 4 rings (SSSR count). The molecule has 0 N–H and O–H groups in total. The zero-order valence-corrected chi connectivity index (χ0v) is 16.0. The lowest BCUT2D eigenvalue weighted by Gasteiger charge is -2.22. The number of amides is 1. The molecule has 0 saturated heterocycles. The molecular formula is C22H16ClN3O3. The Morgan fingerprint density at radius 1 is 1.03 bits per heavy atom. The fraction of sp³-hybridized carbons (Fsp3) is 0.0909. The Morgan fingerprint density at radius 3 is 2.34 bits per heavy atom. The molecule has 1 heterocycles. The number of nitro benzene ring substituents is 1. The van der Waals surface area contributed by atoms with Gasteiger partial charge in [0.15, 0.2) is 0 Å². The normalized spacial score (nSPS) is 15.8. The first kappa shape index (κ1) is 18.8. The van der Waals surface area contributed by atoms with E-state index in [9.17, 15) is 14.9 Å². The van der Waals surface area contributed by atoms with Crippen LogP contribution in [0.1, 0.15) is 33.9 Å². The Morgan fingerprint density at radius 2 is 1.69 bits per heavy atom. The minimum absolute atomic E-state index is 0.0554. The van der Waals surface area contributed by atoms with Gasteiger partial charge >= 0.3 is 0 Å². The second-order valence-corrected chi connectivity index (χ2v) is 7.02. The van der Waals surface area contributed by atoms with Gasteiger partial charge < -0.3 is 0 Å². The number of carbonyl (C=O) groups is 1. The van der Waals surface area contributed by atoms with Crippen LogP contribution in [0.3, 0.4) is 0 Å². The van der Waals surface area contributed by atoms with E-state index in [0.717, 1.165) is 16.8 Å². The van der Waals surface area contributed by atoms with Gasteiger partial charge in [-0.3, -0.25) is 14.9 Å². The van der Waals surface area contributed by atoms with Crippen molar-refractivity contribution in [3.63, 3.8) is 0 Å². The molecule has 144 valence electrons. The fourth-order valence-corrected chi connectivity index (χ4v) is 3.55. The molecule has 6 nitrogen and oxygen atoms in total. The van der Waals surface area contributed by atoms with Gasteiger partial charge in [0.2, 0.25) is 0 Å². The first-order valence-electron chi connectivity index (χ1n) is 9.00. The standard InChI is InChI=1S/C22H16ClN3O3/c23-19-12-11-17(26(28)29)13-18(19)22(27)25-21(16-9-5-2-6-10-16)14-20(24-25)15-7-3-1-4-8-15/h1-13,21H,14H2. The van der Waals surface area contributed by atoms with Crippen molar-refractivity contribution < 1.29 is 9.72 Å². The smallest absolute Gasteiger partial charge is 0.267 e. The molecule has 29 heavy (non-hydrogen) atoms. The molecule has 1 aliphatic heterocycles. The van der Waals surface area contributed by atoms with Crippen LogP contribution in [0.15, 0.2) is 84.0 Å². The minimum Gasteiger partial charge on any atom is -0.267 e. The second-order valence-electron chi connectivity index (χ2n) is 6.61. The Bertz CT molecular complexity index is 1100. The number of hydrogen-bond donors (Lipinski definition) is 0. The van der Waals surface area contributed by atoms with E-state index in [1.807, 2.05) is 60.7 Å². The van der Waals surface area contributed by atoms with E-state index in [2.05, 4.69) is 5.10 Å². The number of rotatable bonds is 4. The highest BCUT2D eigenvalue weighted by Gasteiger charge is 2.34. The van der Waals surface area contributed by atoms with Gasteiger partial charge in [0, 0.05) is 18.6 Å². The molecule has 0 bridgehead atoms. The maximum Gasteiger partial charge on any atom is 0.276 e. The van der Waals surface area contributed by atoms with Crippen molar-refractivity contribution in [3.8, 4) is 0 Å². The van der Waals surface area contributed by atoms with Crippen molar-refractivity contribution in [2.24, 2.45) is 5.10 Å². The van der Waals surface area contributed by atoms with Crippen LogP contribution in [0.25, 0.3) is 0 Å². The summed E-state index contributed by atoms with van der Waals surface area (Å²) in [6, 6.07) is 22.7. The second kappa shape index (κ2) is 7.85. The van der Waals surface area contributed by atoms with Gasteiger partial charge in [0.1, 0.15) is 0 Å². The van der Waals surface area contributed by atoms with Gasteiger partial charge in [-0.15, -0.1) is 0 Å². The van der Waals surface area contributed by atoms with Crippen LogP contribution in [0.5, 0.6) is 0 Å². The van der Waals surface area contributed by atoms with Crippen molar-refractivity contribution >= 4 is 28.9 Å². The van der Waals surface area contributed by atoms with Crippen LogP contribution in [-0.4, -0.2) is 21.6 Å². The Hall–Kier alpha value is -3.51. The molecule has 1 aliphatic rings. The molecular weight excluding hydrogens is 390 g/mol. The summed E-state index contributed by atoms with van der Waals surface area (Å²) in [7, 11) is 0. The third kappa shape index (κ3) is 3.75. The Kier molecular flexibility index (Phi) is 5.10. The number of hydrogen-bond acceptors (Lipinski definition) is 4. The lowest BCUT2D eigenvalue weighted by molar-refractivity contribution is -0.384. The van der Waals surface area contributed by atoms with E-state index in [1.165, 1.54) is 23.2 Å². The first-order valence-corrected chi connectivity index (χ1v) is 9.38. The quantitative estimate of drug-likeness (QED) is 0.440. The van der Waals surface area contributed by atoms with E-state index >= 15 is 0 Å². The number of hydrazone groups is 1. The molecule has 1 unspecified atom stereocenters. The monoisotopic (exact) mass is 405 g/mol. The van der Waals surface area contributed by atoms with Gasteiger partial charge in [0.05, 0.1) is 27.3 Å². The van der Waals surface area contributed by atoms with Gasteiger partial charge in [-0.2, -0.15) is 5.10 Å². The summed E-state index contributed by atoms with van der Waals surface area (Å²) in [5.74, 6) is -0.474. The molecule has 0 radical (unpaired) electrons. The summed E-state index contributed by atoms with van der Waals surface area (Å²) in [5, 5.41) is 17.2. The maximum absolute atomic E-state index is 13.3. The summed E-state index contributed by atoms with van der Waals surface area (Å²) in [5.41, 5.74) is 2.49. The van der Waals surface area contributed by atoms with Crippen LogP contribution in [0, 0.1) is 10.1 Å². The maximum atomic E-state index is 13.3. The molecule has 3 aromatic carbocycles.